The maximum Gasteiger partial charge on any atom is 0.325 e. The highest BCUT2D eigenvalue weighted by molar-refractivity contribution is 6.11. The number of imide groups is 1. The van der Waals surface area contributed by atoms with Crippen LogP contribution in [-0.4, -0.2) is 46.4 Å². The summed E-state index contributed by atoms with van der Waals surface area (Å²) in [6.07, 6.45) is 3.50. The third-order valence-electron chi connectivity index (χ3n) is 6.87. The number of urea groups is 1. The molecule has 1 N–H and O–H groups in total. The molecular weight excluding hydrogens is 394 g/mol. The van der Waals surface area contributed by atoms with Crippen molar-refractivity contribution < 1.29 is 19.1 Å². The molecular formula is C24H29N3O4. The first kappa shape index (κ1) is 21.2. The van der Waals surface area contributed by atoms with E-state index >= 15 is 0 Å². The Bertz CT molecular complexity index is 1040. The summed E-state index contributed by atoms with van der Waals surface area (Å²) in [7, 11) is 1.62. The third-order valence-corrected chi connectivity index (χ3v) is 6.87. The number of ether oxygens (including phenoxy) is 1. The molecule has 4 rings (SSSR count). The van der Waals surface area contributed by atoms with Gasteiger partial charge in [0.05, 0.1) is 13.7 Å². The number of nitrogens with zero attached hydrogens (tertiary/aromatic N) is 2. The zero-order valence-electron chi connectivity index (χ0n) is 18.5. The van der Waals surface area contributed by atoms with Crippen LogP contribution in [0, 0.1) is 19.8 Å². The van der Waals surface area contributed by atoms with Crippen LogP contribution in [0.25, 0.3) is 5.69 Å². The molecule has 1 aromatic carbocycles. The minimum atomic E-state index is -0.852. The molecule has 2 heterocycles. The highest BCUT2D eigenvalue weighted by Gasteiger charge is 2.55. The Hall–Kier alpha value is -3.09. The zero-order valence-corrected chi connectivity index (χ0v) is 18.5. The van der Waals surface area contributed by atoms with E-state index in [1.807, 2.05) is 55.7 Å². The largest absolute Gasteiger partial charge is 0.497 e. The first-order valence-electron chi connectivity index (χ1n) is 10.8. The molecule has 7 nitrogen and oxygen atoms in total. The maximum absolute atomic E-state index is 13.2. The quantitative estimate of drug-likeness (QED) is 0.586. The molecule has 2 aromatic rings. The molecule has 2 atom stereocenters. The lowest BCUT2D eigenvalue weighted by Gasteiger charge is -2.36. The summed E-state index contributed by atoms with van der Waals surface area (Å²) in [6.45, 7) is 5.57. The number of hydrogen-bond acceptors (Lipinski definition) is 4. The number of rotatable bonds is 5. The number of aromatic nitrogens is 1. The zero-order chi connectivity index (χ0) is 22.3. The summed E-state index contributed by atoms with van der Waals surface area (Å²) in [6, 6.07) is 8.95. The van der Waals surface area contributed by atoms with Crippen molar-refractivity contribution in [2.24, 2.45) is 5.92 Å². The van der Waals surface area contributed by atoms with Crippen molar-refractivity contribution in [3.05, 3.63) is 47.3 Å². The molecule has 0 unspecified atom stereocenters. The molecule has 1 aliphatic heterocycles. The first-order chi connectivity index (χ1) is 14.8. The summed E-state index contributed by atoms with van der Waals surface area (Å²) in [4.78, 5) is 40.1. The number of nitrogens with one attached hydrogen (secondary N) is 1. The molecule has 7 heteroatoms. The Balaban J connectivity index is 1.58. The molecule has 1 saturated heterocycles. The van der Waals surface area contributed by atoms with Gasteiger partial charge >= 0.3 is 6.03 Å². The van der Waals surface area contributed by atoms with Crippen LogP contribution in [0.4, 0.5) is 4.79 Å². The minimum absolute atomic E-state index is 0.0675. The lowest BCUT2D eigenvalue weighted by Crippen LogP contribution is -2.54. The molecule has 1 spiro atoms. The predicted octanol–water partition coefficient (Wildman–Crippen LogP) is 3.79. The summed E-state index contributed by atoms with van der Waals surface area (Å²) in [5, 5.41) is 2.91. The van der Waals surface area contributed by atoms with Crippen LogP contribution in [0.2, 0.25) is 0 Å². The van der Waals surface area contributed by atoms with Crippen molar-refractivity contribution in [3.8, 4) is 11.4 Å². The van der Waals surface area contributed by atoms with E-state index in [0.717, 1.165) is 47.0 Å². The van der Waals surface area contributed by atoms with Crippen molar-refractivity contribution in [3.63, 3.8) is 0 Å². The van der Waals surface area contributed by atoms with Gasteiger partial charge in [-0.2, -0.15) is 0 Å². The normalized spacial score (nSPS) is 23.4. The van der Waals surface area contributed by atoms with Gasteiger partial charge in [0.1, 0.15) is 11.3 Å². The number of amides is 3. The van der Waals surface area contributed by atoms with Gasteiger partial charge in [0, 0.05) is 22.6 Å². The lowest BCUT2D eigenvalue weighted by molar-refractivity contribution is -0.133. The van der Waals surface area contributed by atoms with E-state index in [1.54, 1.807) is 7.11 Å². The van der Waals surface area contributed by atoms with E-state index in [4.69, 9.17) is 4.74 Å². The molecule has 1 saturated carbocycles. The Morgan fingerprint density at radius 1 is 1.19 bits per heavy atom. The van der Waals surface area contributed by atoms with Crippen LogP contribution in [0.1, 0.15) is 54.4 Å². The second kappa shape index (κ2) is 7.87. The number of Topliss-reactive ketones (excluding diaryl/α,β-unsaturated/α-hetero) is 1. The van der Waals surface area contributed by atoms with Gasteiger partial charge < -0.3 is 14.6 Å². The van der Waals surface area contributed by atoms with Gasteiger partial charge in [-0.25, -0.2) is 4.79 Å². The maximum atomic E-state index is 13.2. The molecule has 164 valence electrons. The highest BCUT2D eigenvalue weighted by Crippen LogP contribution is 2.38. The van der Waals surface area contributed by atoms with Gasteiger partial charge in [-0.05, 0) is 62.9 Å². The monoisotopic (exact) mass is 423 g/mol. The Morgan fingerprint density at radius 3 is 2.55 bits per heavy atom. The molecule has 1 aromatic heterocycles. The molecule has 0 bridgehead atoms. The van der Waals surface area contributed by atoms with Crippen molar-refractivity contribution >= 4 is 17.7 Å². The molecule has 3 amide bonds. The van der Waals surface area contributed by atoms with Gasteiger partial charge in [0.25, 0.3) is 5.91 Å². The molecule has 2 fully saturated rings. The Kier molecular flexibility index (Phi) is 5.37. The fourth-order valence-electron chi connectivity index (χ4n) is 5.04. The summed E-state index contributed by atoms with van der Waals surface area (Å²) in [5.74, 6) is 0.323. The number of hydrogen-bond donors (Lipinski definition) is 1. The van der Waals surface area contributed by atoms with Crippen LogP contribution >= 0.6 is 0 Å². The second-order valence-electron chi connectivity index (χ2n) is 8.68. The number of aryl methyl sites for hydroxylation is 1. The molecule has 31 heavy (non-hydrogen) atoms. The Morgan fingerprint density at radius 2 is 1.90 bits per heavy atom. The average Bonchev–Trinajstić information content (AvgIpc) is 3.18. The summed E-state index contributed by atoms with van der Waals surface area (Å²) >= 11 is 0. The van der Waals surface area contributed by atoms with Gasteiger partial charge in [-0.1, -0.05) is 19.8 Å². The fourth-order valence-corrected chi connectivity index (χ4v) is 5.04. The van der Waals surface area contributed by atoms with E-state index in [1.165, 1.54) is 0 Å². The number of carbonyl (C=O) groups is 3. The SMILES string of the molecule is COc1ccc(-n2c(C)cc(C(=O)CN3C(=O)N[C@@]4(CCCC[C@H]4C)C3=O)c2C)cc1. The summed E-state index contributed by atoms with van der Waals surface area (Å²) in [5.41, 5.74) is 2.27. The molecule has 2 aliphatic rings. The van der Waals surface area contributed by atoms with Gasteiger partial charge in [-0.3, -0.25) is 14.5 Å². The average molecular weight is 424 g/mol. The third kappa shape index (κ3) is 3.42. The van der Waals surface area contributed by atoms with Crippen LogP contribution < -0.4 is 10.1 Å². The number of carbonyl (C=O) groups excluding carboxylic acids is 3. The standard InChI is InChI=1S/C24H29N3O4/c1-15-7-5-6-12-24(15)22(29)26(23(30)25-24)14-21(28)20-13-16(2)27(17(20)3)18-8-10-19(31-4)11-9-18/h8-11,13,15H,5-7,12,14H2,1-4H3,(H,25,30)/t15-,24-/m1/s1. The van der Waals surface area contributed by atoms with Gasteiger partial charge in [0.15, 0.2) is 5.78 Å². The summed E-state index contributed by atoms with van der Waals surface area (Å²) < 4.78 is 7.21. The van der Waals surface area contributed by atoms with Crippen molar-refractivity contribution in [1.82, 2.24) is 14.8 Å². The van der Waals surface area contributed by atoms with Crippen LogP contribution in [0.15, 0.2) is 30.3 Å². The Labute approximate surface area is 182 Å². The van der Waals surface area contributed by atoms with Crippen molar-refractivity contribution in [2.75, 3.05) is 13.7 Å². The number of ketones is 1. The molecule has 1 aliphatic carbocycles. The fraction of sp³-hybridized carbons (Fsp3) is 0.458. The second-order valence-corrected chi connectivity index (χ2v) is 8.68. The van der Waals surface area contributed by atoms with Crippen LogP contribution in [0.3, 0.4) is 0 Å². The molecule has 0 radical (unpaired) electrons. The lowest BCUT2D eigenvalue weighted by atomic mass is 9.73. The van der Waals surface area contributed by atoms with Gasteiger partial charge in [-0.15, -0.1) is 0 Å². The number of methoxy groups -OCH3 is 1. The predicted molar refractivity (Wildman–Crippen MR) is 117 cm³/mol. The van der Waals surface area contributed by atoms with Crippen molar-refractivity contribution in [2.45, 2.75) is 52.0 Å². The van der Waals surface area contributed by atoms with E-state index in [9.17, 15) is 14.4 Å². The van der Waals surface area contributed by atoms with E-state index in [0.29, 0.717) is 12.0 Å². The van der Waals surface area contributed by atoms with Crippen molar-refractivity contribution in [1.29, 1.82) is 0 Å². The van der Waals surface area contributed by atoms with E-state index in [-0.39, 0.29) is 24.2 Å². The van der Waals surface area contributed by atoms with E-state index < -0.39 is 11.6 Å². The number of benzene rings is 1. The van der Waals surface area contributed by atoms with Crippen LogP contribution in [-0.2, 0) is 4.79 Å². The van der Waals surface area contributed by atoms with E-state index in [2.05, 4.69) is 5.32 Å². The topological polar surface area (TPSA) is 80.6 Å². The minimum Gasteiger partial charge on any atom is -0.497 e. The van der Waals surface area contributed by atoms with Crippen LogP contribution in [0.5, 0.6) is 5.75 Å². The first-order valence-corrected chi connectivity index (χ1v) is 10.8. The van der Waals surface area contributed by atoms with Gasteiger partial charge in [0.2, 0.25) is 0 Å². The smallest absolute Gasteiger partial charge is 0.325 e. The highest BCUT2D eigenvalue weighted by atomic mass is 16.5.